The maximum absolute atomic E-state index is 13.0. The molecule has 28 heavy (non-hydrogen) atoms. The van der Waals surface area contributed by atoms with E-state index in [9.17, 15) is 9.18 Å². The van der Waals surface area contributed by atoms with Crippen LogP contribution >= 0.6 is 0 Å². The molecule has 0 aliphatic carbocycles. The van der Waals surface area contributed by atoms with Crippen LogP contribution < -0.4 is 0 Å². The predicted octanol–water partition coefficient (Wildman–Crippen LogP) is 3.63. The first kappa shape index (κ1) is 18.2. The van der Waals surface area contributed by atoms with Crippen LogP contribution in [0.3, 0.4) is 0 Å². The molecule has 0 unspecified atom stereocenters. The largest absolute Gasteiger partial charge is 0.342 e. The first-order valence-electron chi connectivity index (χ1n) is 9.43. The lowest BCUT2D eigenvalue weighted by molar-refractivity contribution is -0.131. The third-order valence-electron chi connectivity index (χ3n) is 5.24. The predicted molar refractivity (Wildman–Crippen MR) is 104 cm³/mol. The molecule has 1 saturated heterocycles. The van der Waals surface area contributed by atoms with Gasteiger partial charge in [-0.15, -0.1) is 0 Å². The molecular weight excluding hydrogens is 355 g/mol. The van der Waals surface area contributed by atoms with E-state index in [-0.39, 0.29) is 11.7 Å². The topological polar surface area (TPSA) is 59.0 Å². The van der Waals surface area contributed by atoms with Crippen molar-refractivity contribution in [2.24, 2.45) is 0 Å². The van der Waals surface area contributed by atoms with Crippen molar-refractivity contribution in [3.63, 3.8) is 0 Å². The summed E-state index contributed by atoms with van der Waals surface area (Å²) in [6, 6.07) is 10.0. The van der Waals surface area contributed by atoms with Crippen LogP contribution in [0.2, 0.25) is 0 Å². The maximum atomic E-state index is 13.0. The van der Waals surface area contributed by atoms with Gasteiger partial charge in [-0.05, 0) is 48.2 Å². The maximum Gasteiger partial charge on any atom is 0.226 e. The van der Waals surface area contributed by atoms with E-state index in [0.717, 1.165) is 35.2 Å². The third kappa shape index (κ3) is 4.06. The molecule has 2 aromatic heterocycles. The van der Waals surface area contributed by atoms with Gasteiger partial charge in [0.1, 0.15) is 12.1 Å². The smallest absolute Gasteiger partial charge is 0.226 e. The molecule has 4 rings (SSSR count). The van der Waals surface area contributed by atoms with Crippen molar-refractivity contribution in [2.75, 3.05) is 13.1 Å². The van der Waals surface area contributed by atoms with E-state index in [1.54, 1.807) is 30.9 Å². The Morgan fingerprint density at radius 3 is 2.46 bits per heavy atom. The summed E-state index contributed by atoms with van der Waals surface area (Å²) in [5, 5.41) is 0. The van der Waals surface area contributed by atoms with Crippen LogP contribution in [0.5, 0.6) is 0 Å². The third-order valence-corrected chi connectivity index (χ3v) is 5.24. The highest BCUT2D eigenvalue weighted by molar-refractivity contribution is 5.79. The molecule has 0 bridgehead atoms. The summed E-state index contributed by atoms with van der Waals surface area (Å²) in [5.41, 5.74) is 3.96. The second kappa shape index (κ2) is 8.25. The number of carbonyl (C=O) groups is 1. The number of rotatable bonds is 4. The van der Waals surface area contributed by atoms with Gasteiger partial charge >= 0.3 is 0 Å². The van der Waals surface area contributed by atoms with Gasteiger partial charge in [-0.1, -0.05) is 12.1 Å². The second-order valence-electron chi connectivity index (χ2n) is 7.02. The van der Waals surface area contributed by atoms with Gasteiger partial charge < -0.3 is 4.90 Å². The van der Waals surface area contributed by atoms with Crippen LogP contribution in [0, 0.1) is 5.82 Å². The number of hydrogen-bond acceptors (Lipinski definition) is 4. The Morgan fingerprint density at radius 1 is 1.04 bits per heavy atom. The molecule has 5 nitrogen and oxygen atoms in total. The van der Waals surface area contributed by atoms with Crippen molar-refractivity contribution in [1.29, 1.82) is 0 Å². The first-order chi connectivity index (χ1) is 13.7. The summed E-state index contributed by atoms with van der Waals surface area (Å²) >= 11 is 0. The Balaban J connectivity index is 1.42. The average Bonchev–Trinajstić information content (AvgIpc) is 2.76. The fourth-order valence-electron chi connectivity index (χ4n) is 3.71. The van der Waals surface area contributed by atoms with Crippen LogP contribution in [0.25, 0.3) is 11.1 Å². The van der Waals surface area contributed by atoms with Gasteiger partial charge in [0.25, 0.3) is 0 Å². The monoisotopic (exact) mass is 376 g/mol. The highest BCUT2D eigenvalue weighted by Gasteiger charge is 2.26. The number of halogens is 1. The molecule has 1 aliphatic rings. The van der Waals surface area contributed by atoms with Crippen molar-refractivity contribution >= 4 is 5.91 Å². The van der Waals surface area contributed by atoms with Crippen LogP contribution in [0.4, 0.5) is 4.39 Å². The molecule has 1 aliphatic heterocycles. The van der Waals surface area contributed by atoms with Gasteiger partial charge in [0.2, 0.25) is 5.91 Å². The number of hydrogen-bond donors (Lipinski definition) is 0. The SMILES string of the molecule is O=C(Cc1ccc(F)cc1)N1CCC(c2ncncc2-c2ccncc2)CC1. The number of aromatic nitrogens is 3. The van der Waals surface area contributed by atoms with Gasteiger partial charge in [0.15, 0.2) is 0 Å². The van der Waals surface area contributed by atoms with Gasteiger partial charge in [0, 0.05) is 43.2 Å². The molecule has 0 atom stereocenters. The van der Waals surface area contributed by atoms with E-state index in [0.29, 0.717) is 25.4 Å². The van der Waals surface area contributed by atoms with Crippen molar-refractivity contribution in [3.8, 4) is 11.1 Å². The molecular formula is C22H21FN4O. The number of likely N-dealkylation sites (tertiary alicyclic amines) is 1. The second-order valence-corrected chi connectivity index (χ2v) is 7.02. The van der Waals surface area contributed by atoms with Crippen LogP contribution in [0.1, 0.15) is 30.0 Å². The molecule has 142 valence electrons. The molecule has 1 aromatic carbocycles. The minimum atomic E-state index is -0.285. The summed E-state index contributed by atoms with van der Waals surface area (Å²) in [6.07, 6.45) is 9.01. The first-order valence-corrected chi connectivity index (χ1v) is 9.43. The minimum absolute atomic E-state index is 0.0853. The number of benzene rings is 1. The summed E-state index contributed by atoms with van der Waals surface area (Å²) in [7, 11) is 0. The van der Waals surface area contributed by atoms with Gasteiger partial charge in [0.05, 0.1) is 12.1 Å². The molecule has 0 spiro atoms. The van der Waals surface area contributed by atoms with Gasteiger partial charge in [-0.2, -0.15) is 0 Å². The molecule has 0 radical (unpaired) electrons. The van der Waals surface area contributed by atoms with E-state index in [4.69, 9.17) is 0 Å². The van der Waals surface area contributed by atoms with E-state index in [2.05, 4.69) is 15.0 Å². The lowest BCUT2D eigenvalue weighted by Crippen LogP contribution is -2.39. The van der Waals surface area contributed by atoms with Crippen molar-refractivity contribution in [1.82, 2.24) is 19.9 Å². The summed E-state index contributed by atoms with van der Waals surface area (Å²) in [6.45, 7) is 1.40. The zero-order valence-electron chi connectivity index (χ0n) is 15.5. The fraction of sp³-hybridized carbons (Fsp3) is 0.273. The molecule has 3 aromatic rings. The summed E-state index contributed by atoms with van der Waals surface area (Å²) in [5.74, 6) is 0.0926. The minimum Gasteiger partial charge on any atom is -0.342 e. The zero-order valence-corrected chi connectivity index (χ0v) is 15.5. The Hall–Kier alpha value is -3.15. The molecule has 1 fully saturated rings. The van der Waals surface area contributed by atoms with Crippen LogP contribution in [0.15, 0.2) is 61.3 Å². The highest BCUT2D eigenvalue weighted by atomic mass is 19.1. The number of nitrogens with zero attached hydrogens (tertiary/aromatic N) is 4. The Bertz CT molecular complexity index is 938. The fourth-order valence-corrected chi connectivity index (χ4v) is 3.71. The lowest BCUT2D eigenvalue weighted by Gasteiger charge is -2.32. The van der Waals surface area contributed by atoms with E-state index < -0.39 is 0 Å². The normalized spacial score (nSPS) is 14.8. The average molecular weight is 376 g/mol. The molecule has 0 N–H and O–H groups in total. The standard InChI is InChI=1S/C22H21FN4O/c23-19-3-1-16(2-4-19)13-21(28)27-11-7-18(8-12-27)22-20(14-25-15-26-22)17-5-9-24-10-6-17/h1-6,9-10,14-15,18H,7-8,11-13H2. The molecule has 3 heterocycles. The zero-order chi connectivity index (χ0) is 19.3. The van der Waals surface area contributed by atoms with Crippen molar-refractivity contribution < 1.29 is 9.18 Å². The number of pyridine rings is 1. The molecule has 6 heteroatoms. The lowest BCUT2D eigenvalue weighted by atomic mass is 9.89. The Labute approximate surface area is 163 Å². The van der Waals surface area contributed by atoms with Crippen LogP contribution in [-0.4, -0.2) is 38.8 Å². The number of amides is 1. The summed E-state index contributed by atoms with van der Waals surface area (Å²) < 4.78 is 13.0. The van der Waals surface area contributed by atoms with Crippen molar-refractivity contribution in [2.45, 2.75) is 25.2 Å². The number of piperidine rings is 1. The number of carbonyl (C=O) groups excluding carboxylic acids is 1. The van der Waals surface area contributed by atoms with E-state index in [1.165, 1.54) is 12.1 Å². The quantitative estimate of drug-likeness (QED) is 0.698. The molecule has 0 saturated carbocycles. The van der Waals surface area contributed by atoms with Crippen LogP contribution in [-0.2, 0) is 11.2 Å². The van der Waals surface area contributed by atoms with Gasteiger partial charge in [-0.3, -0.25) is 9.78 Å². The molecule has 1 amide bonds. The summed E-state index contributed by atoms with van der Waals surface area (Å²) in [4.78, 5) is 27.3. The van der Waals surface area contributed by atoms with E-state index >= 15 is 0 Å². The Morgan fingerprint density at radius 2 is 1.75 bits per heavy atom. The highest BCUT2D eigenvalue weighted by Crippen LogP contribution is 2.33. The van der Waals surface area contributed by atoms with E-state index in [1.807, 2.05) is 23.2 Å². The van der Waals surface area contributed by atoms with Gasteiger partial charge in [-0.25, -0.2) is 14.4 Å². The Kier molecular flexibility index (Phi) is 5.37. The van der Waals surface area contributed by atoms with Crippen molar-refractivity contribution in [3.05, 3.63) is 78.4 Å².